The summed E-state index contributed by atoms with van der Waals surface area (Å²) in [7, 11) is 0. The van der Waals surface area contributed by atoms with Gasteiger partial charge in [-0.15, -0.1) is 0 Å². The Hall–Kier alpha value is -7.46. The Morgan fingerprint density at radius 2 is 0.908 bits per heavy atom. The van der Waals surface area contributed by atoms with Crippen LogP contribution in [0, 0.1) is 44.3 Å². The molecule has 1 aromatic heterocycles. The number of amides is 8. The lowest BCUT2D eigenvalue weighted by atomic mass is 9.47. The van der Waals surface area contributed by atoms with Gasteiger partial charge >= 0.3 is 0 Å². The topological polar surface area (TPSA) is 217 Å². The summed E-state index contributed by atoms with van der Waals surface area (Å²) in [5, 5.41) is 19.7. The summed E-state index contributed by atoms with van der Waals surface area (Å²) in [5.41, 5.74) is -2.27. The van der Waals surface area contributed by atoms with Crippen LogP contribution in [0.3, 0.4) is 0 Å². The second-order valence-corrected chi connectivity index (χ2v) is 27.1. The van der Waals surface area contributed by atoms with Gasteiger partial charge in [-0.05, 0) is 132 Å². The number of anilines is 3. The van der Waals surface area contributed by atoms with Crippen molar-refractivity contribution in [3.8, 4) is 0 Å². The maximum Gasteiger partial charge on any atom is 0.251 e. The number of carbonyl (C=O) groups excluding carboxylic acids is 8. The molecule has 4 aromatic rings. The van der Waals surface area contributed by atoms with Crippen LogP contribution in [0.25, 0.3) is 21.8 Å². The quantitative estimate of drug-likeness (QED) is 0.0389. The maximum absolute atomic E-state index is 15.3. The Bertz CT molecular complexity index is 3310. The molecule has 460 valence electrons. The van der Waals surface area contributed by atoms with Crippen molar-refractivity contribution >= 4 is 86.1 Å². The molecule has 87 heavy (non-hydrogen) atoms. The molecule has 0 radical (unpaired) electrons. The molecule has 7 aliphatic rings. The second kappa shape index (κ2) is 24.3. The monoisotopic (exact) mass is 1180 g/mol. The number of allylic oxidation sites excluding steroid dienone is 4. The van der Waals surface area contributed by atoms with Crippen LogP contribution >= 0.6 is 0 Å². The predicted molar refractivity (Wildman–Crippen MR) is 340 cm³/mol. The molecule has 16 nitrogen and oxygen atoms in total. The van der Waals surface area contributed by atoms with Crippen molar-refractivity contribution in [1.82, 2.24) is 25.4 Å². The van der Waals surface area contributed by atoms with E-state index in [0.29, 0.717) is 159 Å². The molecule has 3 aliphatic heterocycles. The van der Waals surface area contributed by atoms with Crippen molar-refractivity contribution in [2.24, 2.45) is 44.3 Å². The third kappa shape index (κ3) is 11.0. The molecule has 10 atom stereocenters. The maximum atomic E-state index is 15.3. The molecule has 8 amide bonds. The number of likely N-dealkylation sites (tertiary alicyclic amines) is 1. The number of nitrogens with one attached hydrogen (secondary N) is 6. The third-order valence-corrected chi connectivity index (χ3v) is 21.0. The zero-order valence-electron chi connectivity index (χ0n) is 51.7. The van der Waals surface area contributed by atoms with Crippen LogP contribution in [0.4, 0.5) is 17.1 Å². The fourth-order valence-corrected chi connectivity index (χ4v) is 18.1. The van der Waals surface area contributed by atoms with Crippen LogP contribution in [-0.4, -0.2) is 81.9 Å². The van der Waals surface area contributed by atoms with Crippen molar-refractivity contribution < 1.29 is 38.4 Å². The average molecular weight is 1180 g/mol. The highest BCUT2D eigenvalue weighted by atomic mass is 16.2. The number of nitrogens with zero attached hydrogens (tertiary/aromatic N) is 2. The Morgan fingerprint density at radius 3 is 1.33 bits per heavy atom. The summed E-state index contributed by atoms with van der Waals surface area (Å²) in [4.78, 5) is 117. The van der Waals surface area contributed by atoms with E-state index in [-0.39, 0.29) is 65.9 Å². The Balaban J connectivity index is 0.897. The number of hydrogen-bond donors (Lipinski definition) is 6. The van der Waals surface area contributed by atoms with Crippen molar-refractivity contribution in [1.29, 1.82) is 0 Å². The molecule has 6 unspecified atom stereocenters. The molecule has 6 N–H and O–H groups in total. The number of rotatable bonds is 23. The number of piperidine rings is 2. The minimum Gasteiger partial charge on any atom is -0.351 e. The fourth-order valence-electron chi connectivity index (χ4n) is 18.1. The van der Waals surface area contributed by atoms with Crippen LogP contribution in [0.5, 0.6) is 0 Å². The predicted octanol–water partition coefficient (Wildman–Crippen LogP) is 12.0. The van der Waals surface area contributed by atoms with Gasteiger partial charge in [0, 0.05) is 81.4 Å². The number of carbonyl (C=O) groups is 8. The van der Waals surface area contributed by atoms with Gasteiger partial charge in [0.25, 0.3) is 5.91 Å². The van der Waals surface area contributed by atoms with E-state index in [0.717, 1.165) is 25.7 Å². The molecule has 0 spiro atoms. The molecular weight excluding hydrogens is 1090 g/mol. The Kier molecular flexibility index (Phi) is 17.1. The minimum absolute atomic E-state index is 0.134. The van der Waals surface area contributed by atoms with Gasteiger partial charge in [-0.2, -0.15) is 0 Å². The van der Waals surface area contributed by atoms with Crippen LogP contribution < -0.4 is 31.9 Å². The van der Waals surface area contributed by atoms with E-state index in [1.165, 1.54) is 0 Å². The van der Waals surface area contributed by atoms with Gasteiger partial charge in [0.1, 0.15) is 6.54 Å². The summed E-state index contributed by atoms with van der Waals surface area (Å²) in [5.74, 6) is -1.46. The molecule has 2 saturated carbocycles. The second-order valence-electron chi connectivity index (χ2n) is 27.1. The number of imide groups is 2. The van der Waals surface area contributed by atoms with E-state index in [1.54, 1.807) is 24.3 Å². The standard InChI is InChI=1S/C71H88N8O8/c1-7-28-66(40-68(30-9-3)44-69(41-66,31-10-4)63(85)76-62(68)84)60(82)74-48-24-26-56-52(37-48)53-38-49(75-61(83)67(29-8-2)42-70(32-11-5)45-71(43-67,33-12-6)65(87)77-64(70)86)25-27-57(53)79(56)39-58(80)73-47-19-17-18-46(36-47)59(81)72-34-35-78-54-22-15-13-20-50(54)51-21-14-16-23-55(51)78/h13-27,36-38,50-51,54-55H,7-12,28-35,39-45H2,1-6H3,(H,72,81)(H,73,80)(H,74,82)(H,75,83)(H,76,84,85)(H,77,86,87)/t50?,51?,54?,55?,66?,67?,68-,69+,70-,71+. The SMILES string of the molecule is CCCC1(C(=O)Nc2ccc3c(c2)c2cc(NC(=O)C4(CCC)C[C@@]5(CCC)C[C@@](CCC)(C4)C(=O)NC5=O)ccc2n3CC(=O)Nc2cccc(C(=O)NCCN3C4C=CC=CC4C4C=CC=CC43)c2)C[C@@]2(CCC)C[C@@](CCC)(C1)C(=O)NC2=O. The summed E-state index contributed by atoms with van der Waals surface area (Å²) in [6.07, 6.45) is 27.2. The minimum atomic E-state index is -1.01. The largest absolute Gasteiger partial charge is 0.351 e. The highest BCUT2D eigenvalue weighted by Gasteiger charge is 2.66. The highest BCUT2D eigenvalue weighted by Crippen LogP contribution is 2.63. The number of hydrogen-bond acceptors (Lipinski definition) is 9. The van der Waals surface area contributed by atoms with E-state index in [2.05, 4.69) is 85.4 Å². The van der Waals surface area contributed by atoms with Gasteiger partial charge < -0.3 is 25.8 Å². The molecule has 4 aliphatic carbocycles. The molecule has 4 heterocycles. The lowest BCUT2D eigenvalue weighted by Gasteiger charge is -2.57. The smallest absolute Gasteiger partial charge is 0.251 e. The fraction of sp³-hybridized carbons (Fsp3) is 0.521. The summed E-state index contributed by atoms with van der Waals surface area (Å²) < 4.78 is 1.90. The van der Waals surface area contributed by atoms with E-state index in [1.807, 2.05) is 82.5 Å². The van der Waals surface area contributed by atoms with Gasteiger partial charge in [0.05, 0.1) is 32.5 Å². The van der Waals surface area contributed by atoms with Crippen LogP contribution in [0.15, 0.2) is 109 Å². The molecule has 4 bridgehead atoms. The third-order valence-electron chi connectivity index (χ3n) is 21.0. The van der Waals surface area contributed by atoms with Gasteiger partial charge in [0.2, 0.25) is 41.4 Å². The molecule has 3 saturated heterocycles. The van der Waals surface area contributed by atoms with E-state index < -0.39 is 32.5 Å². The van der Waals surface area contributed by atoms with Crippen molar-refractivity contribution in [3.05, 3.63) is 115 Å². The average Bonchev–Trinajstić information content (AvgIpc) is 1.68. The van der Waals surface area contributed by atoms with Gasteiger partial charge in [-0.25, -0.2) is 0 Å². The zero-order chi connectivity index (χ0) is 61.5. The van der Waals surface area contributed by atoms with Gasteiger partial charge in [0.15, 0.2) is 0 Å². The molecule has 5 fully saturated rings. The molecular formula is C71H88N8O8. The van der Waals surface area contributed by atoms with Crippen LogP contribution in [-0.2, 0) is 40.1 Å². The van der Waals surface area contributed by atoms with Crippen molar-refractivity contribution in [2.45, 2.75) is 176 Å². The number of fused-ring (bicyclic) bond motifs is 10. The highest BCUT2D eigenvalue weighted by molar-refractivity contribution is 6.13. The summed E-state index contributed by atoms with van der Waals surface area (Å²) in [6, 6.07) is 18.6. The summed E-state index contributed by atoms with van der Waals surface area (Å²) >= 11 is 0. The first-order valence-electron chi connectivity index (χ1n) is 32.4. The van der Waals surface area contributed by atoms with Crippen molar-refractivity contribution in [2.75, 3.05) is 29.0 Å². The van der Waals surface area contributed by atoms with E-state index in [4.69, 9.17) is 0 Å². The lowest BCUT2D eigenvalue weighted by Crippen LogP contribution is -2.65. The van der Waals surface area contributed by atoms with E-state index >= 15 is 9.59 Å². The van der Waals surface area contributed by atoms with Crippen molar-refractivity contribution in [3.63, 3.8) is 0 Å². The summed E-state index contributed by atoms with van der Waals surface area (Å²) in [6.45, 7) is 13.2. The number of benzene rings is 3. The molecule has 3 aromatic carbocycles. The normalized spacial score (nSPS) is 30.4. The van der Waals surface area contributed by atoms with Crippen LogP contribution in [0.2, 0.25) is 0 Å². The number of aromatic nitrogens is 1. The Labute approximate surface area is 511 Å². The van der Waals surface area contributed by atoms with Gasteiger partial charge in [-0.3, -0.25) is 53.9 Å². The lowest BCUT2D eigenvalue weighted by molar-refractivity contribution is -0.171. The van der Waals surface area contributed by atoms with Crippen LogP contribution in [0.1, 0.15) is 167 Å². The zero-order valence-corrected chi connectivity index (χ0v) is 51.7. The van der Waals surface area contributed by atoms with E-state index in [9.17, 15) is 28.8 Å². The first-order valence-corrected chi connectivity index (χ1v) is 32.4. The molecule has 16 heteroatoms. The Morgan fingerprint density at radius 1 is 0.494 bits per heavy atom. The van der Waals surface area contributed by atoms with Gasteiger partial charge in [-0.1, -0.05) is 135 Å². The first kappa shape index (κ1) is 61.2. The first-order chi connectivity index (χ1) is 41.9. The molecule has 11 rings (SSSR count).